The predicted octanol–water partition coefficient (Wildman–Crippen LogP) is 4.18. The molecule has 5 nitrogen and oxygen atoms in total. The van der Waals surface area contributed by atoms with Crippen molar-refractivity contribution >= 4 is 51.6 Å². The SMILES string of the molecule is CN(CC(=O)Nc1ccc(Cl)c(Cl)c1)C(=O)Cc1cccc2cccnc12. The van der Waals surface area contributed by atoms with Crippen LogP contribution < -0.4 is 5.32 Å². The number of nitrogens with one attached hydrogen (secondary N) is 1. The zero-order valence-corrected chi connectivity index (χ0v) is 16.1. The number of benzene rings is 2. The summed E-state index contributed by atoms with van der Waals surface area (Å²) >= 11 is 11.8. The zero-order valence-electron chi connectivity index (χ0n) is 14.6. The number of amides is 2. The summed E-state index contributed by atoms with van der Waals surface area (Å²) in [5.74, 6) is -0.488. The number of para-hydroxylation sites is 1. The molecule has 2 amide bonds. The van der Waals surface area contributed by atoms with Crippen LogP contribution in [0.5, 0.6) is 0 Å². The topological polar surface area (TPSA) is 62.3 Å². The Morgan fingerprint density at radius 2 is 1.85 bits per heavy atom. The van der Waals surface area contributed by atoms with Gasteiger partial charge in [-0.05, 0) is 29.8 Å². The van der Waals surface area contributed by atoms with E-state index in [4.69, 9.17) is 23.2 Å². The van der Waals surface area contributed by atoms with Crippen molar-refractivity contribution < 1.29 is 9.59 Å². The van der Waals surface area contributed by atoms with E-state index in [1.807, 2.05) is 30.3 Å². The molecule has 138 valence electrons. The number of aromatic nitrogens is 1. The fraction of sp³-hybridized carbons (Fsp3) is 0.150. The highest BCUT2D eigenvalue weighted by molar-refractivity contribution is 6.42. The first-order valence-electron chi connectivity index (χ1n) is 8.25. The normalized spacial score (nSPS) is 10.6. The molecular formula is C20H17Cl2N3O2. The van der Waals surface area contributed by atoms with Crippen LogP contribution in [0, 0.1) is 0 Å². The third-order valence-corrected chi connectivity index (χ3v) is 4.81. The third kappa shape index (κ3) is 4.76. The van der Waals surface area contributed by atoms with Crippen LogP contribution in [-0.4, -0.2) is 35.3 Å². The van der Waals surface area contributed by atoms with Gasteiger partial charge >= 0.3 is 0 Å². The van der Waals surface area contributed by atoms with Crippen molar-refractivity contribution in [2.75, 3.05) is 18.9 Å². The lowest BCUT2D eigenvalue weighted by Gasteiger charge is -2.17. The first kappa shape index (κ1) is 19.1. The molecule has 0 bridgehead atoms. The number of rotatable bonds is 5. The second-order valence-electron chi connectivity index (χ2n) is 6.10. The summed E-state index contributed by atoms with van der Waals surface area (Å²) < 4.78 is 0. The quantitative estimate of drug-likeness (QED) is 0.697. The van der Waals surface area contributed by atoms with Crippen molar-refractivity contribution in [3.8, 4) is 0 Å². The summed E-state index contributed by atoms with van der Waals surface area (Å²) in [7, 11) is 1.59. The molecule has 1 N–H and O–H groups in total. The van der Waals surface area contributed by atoms with Gasteiger partial charge in [-0.2, -0.15) is 0 Å². The fourth-order valence-corrected chi connectivity index (χ4v) is 2.98. The van der Waals surface area contributed by atoms with Gasteiger partial charge in [-0.15, -0.1) is 0 Å². The molecular weight excluding hydrogens is 385 g/mol. The number of nitrogens with zero attached hydrogens (tertiary/aromatic N) is 2. The Kier molecular flexibility index (Phi) is 5.94. The number of likely N-dealkylation sites (N-methyl/N-ethyl adjacent to an activating group) is 1. The largest absolute Gasteiger partial charge is 0.336 e. The molecule has 0 atom stereocenters. The van der Waals surface area contributed by atoms with E-state index >= 15 is 0 Å². The molecule has 1 heterocycles. The number of carbonyl (C=O) groups excluding carboxylic acids is 2. The Labute approximate surface area is 166 Å². The molecule has 0 spiro atoms. The molecule has 27 heavy (non-hydrogen) atoms. The molecule has 0 saturated carbocycles. The fourth-order valence-electron chi connectivity index (χ4n) is 2.69. The summed E-state index contributed by atoms with van der Waals surface area (Å²) in [6.07, 6.45) is 1.87. The van der Waals surface area contributed by atoms with Crippen LogP contribution in [-0.2, 0) is 16.0 Å². The maximum absolute atomic E-state index is 12.5. The minimum Gasteiger partial charge on any atom is -0.336 e. The van der Waals surface area contributed by atoms with Crippen LogP contribution >= 0.6 is 23.2 Å². The first-order chi connectivity index (χ1) is 12.9. The number of halogens is 2. The Bertz CT molecular complexity index is 1000. The van der Waals surface area contributed by atoms with Crippen LogP contribution in [0.1, 0.15) is 5.56 Å². The summed E-state index contributed by atoms with van der Waals surface area (Å²) in [6, 6.07) is 14.3. The van der Waals surface area contributed by atoms with Crippen molar-refractivity contribution in [1.29, 1.82) is 0 Å². The number of fused-ring (bicyclic) bond motifs is 1. The van der Waals surface area contributed by atoms with Gasteiger partial charge in [0.05, 0.1) is 28.5 Å². The third-order valence-electron chi connectivity index (χ3n) is 4.07. The monoisotopic (exact) mass is 401 g/mol. The molecule has 0 aliphatic heterocycles. The molecule has 0 fully saturated rings. The van der Waals surface area contributed by atoms with Crippen molar-refractivity contribution in [3.05, 3.63) is 70.3 Å². The van der Waals surface area contributed by atoms with E-state index < -0.39 is 0 Å². The number of hydrogen-bond acceptors (Lipinski definition) is 3. The summed E-state index contributed by atoms with van der Waals surface area (Å²) in [6.45, 7) is -0.0721. The maximum Gasteiger partial charge on any atom is 0.243 e. The minimum absolute atomic E-state index is 0.0721. The first-order valence-corrected chi connectivity index (χ1v) is 9.01. The van der Waals surface area contributed by atoms with Gasteiger partial charge in [-0.1, -0.05) is 47.5 Å². The van der Waals surface area contributed by atoms with Gasteiger partial charge in [-0.25, -0.2) is 0 Å². The smallest absolute Gasteiger partial charge is 0.243 e. The van der Waals surface area contributed by atoms with Crippen LogP contribution in [0.3, 0.4) is 0 Å². The number of pyridine rings is 1. The van der Waals surface area contributed by atoms with Crippen LogP contribution in [0.4, 0.5) is 5.69 Å². The second kappa shape index (κ2) is 8.37. The van der Waals surface area contributed by atoms with E-state index in [0.717, 1.165) is 16.5 Å². The molecule has 7 heteroatoms. The van der Waals surface area contributed by atoms with Crippen LogP contribution in [0.2, 0.25) is 10.0 Å². The van der Waals surface area contributed by atoms with Crippen molar-refractivity contribution in [3.63, 3.8) is 0 Å². The van der Waals surface area contributed by atoms with Crippen LogP contribution in [0.25, 0.3) is 10.9 Å². The van der Waals surface area contributed by atoms with E-state index in [1.165, 1.54) is 4.90 Å². The summed E-state index contributed by atoms with van der Waals surface area (Å²) in [5, 5.41) is 4.43. The van der Waals surface area contributed by atoms with E-state index in [1.54, 1.807) is 31.4 Å². The van der Waals surface area contributed by atoms with Crippen molar-refractivity contribution in [2.24, 2.45) is 0 Å². The lowest BCUT2D eigenvalue weighted by Crippen LogP contribution is -2.35. The highest BCUT2D eigenvalue weighted by Crippen LogP contribution is 2.25. The van der Waals surface area contributed by atoms with Crippen molar-refractivity contribution in [2.45, 2.75) is 6.42 Å². The van der Waals surface area contributed by atoms with Gasteiger partial charge in [0, 0.05) is 24.3 Å². The van der Waals surface area contributed by atoms with Gasteiger partial charge in [0.25, 0.3) is 0 Å². The molecule has 0 saturated heterocycles. The minimum atomic E-state index is -0.319. The Hall–Kier alpha value is -2.63. The highest BCUT2D eigenvalue weighted by Gasteiger charge is 2.15. The highest BCUT2D eigenvalue weighted by atomic mass is 35.5. The predicted molar refractivity (Wildman–Crippen MR) is 108 cm³/mol. The Morgan fingerprint density at radius 1 is 1.07 bits per heavy atom. The lowest BCUT2D eigenvalue weighted by atomic mass is 10.1. The lowest BCUT2D eigenvalue weighted by molar-refractivity contribution is -0.132. The van der Waals surface area contributed by atoms with E-state index in [2.05, 4.69) is 10.3 Å². The van der Waals surface area contributed by atoms with Gasteiger partial charge in [0.2, 0.25) is 11.8 Å². The van der Waals surface area contributed by atoms with E-state index in [-0.39, 0.29) is 24.8 Å². The van der Waals surface area contributed by atoms with Crippen LogP contribution in [0.15, 0.2) is 54.7 Å². The number of anilines is 1. The maximum atomic E-state index is 12.5. The molecule has 0 radical (unpaired) electrons. The molecule has 2 aromatic carbocycles. The molecule has 0 aliphatic rings. The average molecular weight is 402 g/mol. The van der Waals surface area contributed by atoms with Gasteiger partial charge in [0.15, 0.2) is 0 Å². The van der Waals surface area contributed by atoms with Crippen molar-refractivity contribution in [1.82, 2.24) is 9.88 Å². The Morgan fingerprint density at radius 3 is 2.63 bits per heavy atom. The van der Waals surface area contributed by atoms with Gasteiger partial charge in [-0.3, -0.25) is 14.6 Å². The molecule has 3 rings (SSSR count). The molecule has 0 unspecified atom stereocenters. The molecule has 0 aliphatic carbocycles. The average Bonchev–Trinajstić information content (AvgIpc) is 2.65. The van der Waals surface area contributed by atoms with E-state index in [9.17, 15) is 9.59 Å². The number of carbonyl (C=O) groups is 2. The molecule has 3 aromatic rings. The standard InChI is InChI=1S/C20H17Cl2N3O2/c1-25(12-18(26)24-15-7-8-16(21)17(22)11-15)19(27)10-14-5-2-4-13-6-3-9-23-20(13)14/h2-9,11H,10,12H2,1H3,(H,24,26). The summed E-state index contributed by atoms with van der Waals surface area (Å²) in [5.41, 5.74) is 2.14. The van der Waals surface area contributed by atoms with Gasteiger partial charge < -0.3 is 10.2 Å². The van der Waals surface area contributed by atoms with E-state index in [0.29, 0.717) is 15.7 Å². The van der Waals surface area contributed by atoms with Gasteiger partial charge in [0.1, 0.15) is 0 Å². The molecule has 1 aromatic heterocycles. The Balaban J connectivity index is 1.63. The second-order valence-corrected chi connectivity index (χ2v) is 6.91. The number of hydrogen-bond donors (Lipinski definition) is 1. The summed E-state index contributed by atoms with van der Waals surface area (Å²) in [4.78, 5) is 30.5. The zero-order chi connectivity index (χ0) is 19.4.